The average molecular weight is 773 g/mol. The van der Waals surface area contributed by atoms with Gasteiger partial charge in [-0.3, -0.25) is 14.4 Å². The van der Waals surface area contributed by atoms with E-state index in [-0.39, 0.29) is 37.5 Å². The van der Waals surface area contributed by atoms with Crippen LogP contribution in [0.1, 0.15) is 175 Å². The second-order valence-electron chi connectivity index (χ2n) is 14.8. The van der Waals surface area contributed by atoms with Gasteiger partial charge in [0.15, 0.2) is 0 Å². The molecule has 52 heavy (non-hydrogen) atoms. The van der Waals surface area contributed by atoms with Crippen LogP contribution in [0.5, 0.6) is 0 Å². The van der Waals surface area contributed by atoms with E-state index in [0.29, 0.717) is 38.5 Å². The van der Waals surface area contributed by atoms with Gasteiger partial charge in [-0.2, -0.15) is 0 Å². The molecule has 8 nitrogen and oxygen atoms in total. The molecule has 1 heterocycles. The quantitative estimate of drug-likeness (QED) is 0.0262. The first-order valence-electron chi connectivity index (χ1n) is 21.6. The standard InChI is InChI=1S/C42H80N2O6S2/c1-4-7-10-12-14-15-17-21-36-51-52-37-35-50-41(46)26-32-44(30-22-29-43-27-19-20-28-43)31-25-40(45)48-33-34-49-42(47)38-39(23-9-6-3)24-18-16-13-11-8-5-2/h39H,4-38H2,1-3H3. The topological polar surface area (TPSA) is 85.4 Å². The maximum absolute atomic E-state index is 12.6. The summed E-state index contributed by atoms with van der Waals surface area (Å²) in [4.78, 5) is 42.3. The summed E-state index contributed by atoms with van der Waals surface area (Å²) >= 11 is 0. The second kappa shape index (κ2) is 37.0. The van der Waals surface area contributed by atoms with E-state index in [1.807, 2.05) is 10.8 Å². The maximum atomic E-state index is 12.6. The van der Waals surface area contributed by atoms with Gasteiger partial charge in [0.25, 0.3) is 0 Å². The smallest absolute Gasteiger partial charge is 0.307 e. The molecular weight excluding hydrogens is 693 g/mol. The average Bonchev–Trinajstić information content (AvgIpc) is 3.67. The Kier molecular flexibility index (Phi) is 34.9. The molecule has 0 bridgehead atoms. The van der Waals surface area contributed by atoms with Crippen molar-refractivity contribution in [1.82, 2.24) is 9.80 Å². The number of esters is 3. The van der Waals surface area contributed by atoms with Crippen LogP contribution >= 0.6 is 21.6 Å². The van der Waals surface area contributed by atoms with Crippen LogP contribution < -0.4 is 0 Å². The molecule has 1 rings (SSSR count). The van der Waals surface area contributed by atoms with Gasteiger partial charge < -0.3 is 24.0 Å². The molecule has 10 heteroatoms. The molecule has 1 aliphatic rings. The lowest BCUT2D eigenvalue weighted by molar-refractivity contribution is -0.153. The second-order valence-corrected chi connectivity index (χ2v) is 17.5. The van der Waals surface area contributed by atoms with Gasteiger partial charge in [0, 0.05) is 31.0 Å². The minimum Gasteiger partial charge on any atom is -0.465 e. The number of hydrogen-bond acceptors (Lipinski definition) is 10. The van der Waals surface area contributed by atoms with Crippen molar-refractivity contribution in [2.24, 2.45) is 5.92 Å². The van der Waals surface area contributed by atoms with Crippen LogP contribution in [0.15, 0.2) is 0 Å². The van der Waals surface area contributed by atoms with E-state index in [0.717, 1.165) is 69.8 Å². The van der Waals surface area contributed by atoms with Gasteiger partial charge >= 0.3 is 17.9 Å². The Hall–Kier alpha value is -0.970. The molecule has 1 aliphatic heterocycles. The first-order valence-corrected chi connectivity index (χ1v) is 24.1. The van der Waals surface area contributed by atoms with Crippen LogP contribution in [-0.4, -0.2) is 98.3 Å². The molecule has 0 aromatic carbocycles. The number of carbonyl (C=O) groups is 3. The molecule has 1 unspecified atom stereocenters. The van der Waals surface area contributed by atoms with E-state index in [1.165, 1.54) is 103 Å². The molecule has 1 atom stereocenters. The highest BCUT2D eigenvalue weighted by Gasteiger charge is 2.17. The van der Waals surface area contributed by atoms with Crippen LogP contribution in [0.2, 0.25) is 0 Å². The fraction of sp³-hybridized carbons (Fsp3) is 0.929. The van der Waals surface area contributed by atoms with Crippen molar-refractivity contribution in [3.63, 3.8) is 0 Å². The lowest BCUT2D eigenvalue weighted by atomic mass is 9.92. The first-order chi connectivity index (χ1) is 25.5. The van der Waals surface area contributed by atoms with Gasteiger partial charge in [-0.25, -0.2) is 0 Å². The molecular formula is C42H80N2O6S2. The van der Waals surface area contributed by atoms with E-state index in [2.05, 4.69) is 30.6 Å². The van der Waals surface area contributed by atoms with Crippen molar-refractivity contribution in [3.05, 3.63) is 0 Å². The number of ether oxygens (including phenoxy) is 3. The lowest BCUT2D eigenvalue weighted by Gasteiger charge is -2.23. The molecule has 0 spiro atoms. The third-order valence-corrected chi connectivity index (χ3v) is 12.5. The Morgan fingerprint density at radius 2 is 1.06 bits per heavy atom. The van der Waals surface area contributed by atoms with Crippen molar-refractivity contribution >= 4 is 39.5 Å². The summed E-state index contributed by atoms with van der Waals surface area (Å²) in [5.74, 6) is 1.69. The van der Waals surface area contributed by atoms with Crippen molar-refractivity contribution in [2.45, 2.75) is 175 Å². The summed E-state index contributed by atoms with van der Waals surface area (Å²) in [6, 6.07) is 0. The zero-order valence-electron chi connectivity index (χ0n) is 34.0. The van der Waals surface area contributed by atoms with Crippen molar-refractivity contribution in [2.75, 3.05) is 70.6 Å². The Balaban J connectivity index is 2.26. The zero-order valence-corrected chi connectivity index (χ0v) is 35.6. The minimum absolute atomic E-state index is 0.0817. The Morgan fingerprint density at radius 3 is 1.67 bits per heavy atom. The van der Waals surface area contributed by atoms with Crippen molar-refractivity contribution in [1.29, 1.82) is 0 Å². The largest absolute Gasteiger partial charge is 0.465 e. The van der Waals surface area contributed by atoms with Gasteiger partial charge in [0.2, 0.25) is 0 Å². The highest BCUT2D eigenvalue weighted by atomic mass is 33.1. The molecule has 0 saturated carbocycles. The zero-order chi connectivity index (χ0) is 37.7. The van der Waals surface area contributed by atoms with E-state index in [4.69, 9.17) is 14.2 Å². The SMILES string of the molecule is CCCCCCCCCCSSCCOC(=O)CCN(CCCN1CCCC1)CCC(=O)OCCOC(=O)CC(CCCC)CCCCCCCC. The van der Waals surface area contributed by atoms with E-state index in [1.54, 1.807) is 10.8 Å². The normalized spacial score (nSPS) is 13.8. The lowest BCUT2D eigenvalue weighted by Crippen LogP contribution is -2.33. The van der Waals surface area contributed by atoms with Gasteiger partial charge in [-0.15, -0.1) is 0 Å². The van der Waals surface area contributed by atoms with Gasteiger partial charge in [-0.05, 0) is 70.6 Å². The first kappa shape index (κ1) is 49.0. The van der Waals surface area contributed by atoms with Crippen LogP contribution in [0.25, 0.3) is 0 Å². The molecule has 0 N–H and O–H groups in total. The van der Waals surface area contributed by atoms with Crippen molar-refractivity contribution < 1.29 is 28.6 Å². The summed E-state index contributed by atoms with van der Waals surface area (Å²) in [5, 5.41) is 0. The predicted octanol–water partition coefficient (Wildman–Crippen LogP) is 10.7. The molecule has 306 valence electrons. The maximum Gasteiger partial charge on any atom is 0.307 e. The van der Waals surface area contributed by atoms with E-state index >= 15 is 0 Å². The highest BCUT2D eigenvalue weighted by molar-refractivity contribution is 8.76. The van der Waals surface area contributed by atoms with Crippen LogP contribution in [0, 0.1) is 5.92 Å². The van der Waals surface area contributed by atoms with Crippen LogP contribution in [-0.2, 0) is 28.6 Å². The summed E-state index contributed by atoms with van der Waals surface area (Å²) in [6.45, 7) is 12.6. The molecule has 0 radical (unpaired) electrons. The fourth-order valence-electron chi connectivity index (χ4n) is 6.77. The van der Waals surface area contributed by atoms with Gasteiger partial charge in [-0.1, -0.05) is 139 Å². The summed E-state index contributed by atoms with van der Waals surface area (Å²) in [5.41, 5.74) is 0. The summed E-state index contributed by atoms with van der Waals surface area (Å²) < 4.78 is 16.4. The number of rotatable bonds is 38. The Labute approximate surface area is 328 Å². The molecule has 0 amide bonds. The number of nitrogens with zero attached hydrogens (tertiary/aromatic N) is 2. The molecule has 0 aromatic heterocycles. The fourth-order valence-corrected chi connectivity index (χ4v) is 8.74. The van der Waals surface area contributed by atoms with E-state index in [9.17, 15) is 14.4 Å². The van der Waals surface area contributed by atoms with Gasteiger partial charge in [0.05, 0.1) is 12.8 Å². The number of unbranched alkanes of at least 4 members (excludes halogenated alkanes) is 13. The third kappa shape index (κ3) is 31.4. The number of carbonyl (C=O) groups excluding carboxylic acids is 3. The van der Waals surface area contributed by atoms with Crippen molar-refractivity contribution in [3.8, 4) is 0 Å². The molecule has 0 aliphatic carbocycles. The summed E-state index contributed by atoms with van der Waals surface area (Å²) in [7, 11) is 3.68. The molecule has 0 aromatic rings. The molecule has 1 saturated heterocycles. The van der Waals surface area contributed by atoms with E-state index < -0.39 is 0 Å². The van der Waals surface area contributed by atoms with Gasteiger partial charge in [0.1, 0.15) is 19.8 Å². The third-order valence-electron chi connectivity index (χ3n) is 10.0. The van der Waals surface area contributed by atoms with Crippen LogP contribution in [0.4, 0.5) is 0 Å². The Morgan fingerprint density at radius 1 is 0.558 bits per heavy atom. The number of hydrogen-bond donors (Lipinski definition) is 0. The minimum atomic E-state index is -0.298. The van der Waals surface area contributed by atoms with Crippen LogP contribution in [0.3, 0.4) is 0 Å². The number of likely N-dealkylation sites (tertiary alicyclic amines) is 1. The molecule has 1 fully saturated rings. The summed E-state index contributed by atoms with van der Waals surface area (Å²) in [6.07, 6.45) is 27.3. The monoisotopic (exact) mass is 773 g/mol. The Bertz CT molecular complexity index is 845. The highest BCUT2D eigenvalue weighted by Crippen LogP contribution is 2.23. The predicted molar refractivity (Wildman–Crippen MR) is 222 cm³/mol.